The molecule has 0 bridgehead atoms. The summed E-state index contributed by atoms with van der Waals surface area (Å²) < 4.78 is 9.93. The van der Waals surface area contributed by atoms with Gasteiger partial charge in [0, 0.05) is 25.2 Å². The molecule has 110 valence electrons. The van der Waals surface area contributed by atoms with E-state index in [2.05, 4.69) is 10.2 Å². The molecular weight excluding hydrogens is 248 g/mol. The van der Waals surface area contributed by atoms with Gasteiger partial charge in [0.2, 0.25) is 0 Å². The van der Waals surface area contributed by atoms with Crippen molar-refractivity contribution in [2.45, 2.75) is 38.8 Å². The molecule has 2 atom stereocenters. The predicted octanol–water partition coefficient (Wildman–Crippen LogP) is 0.165. The monoisotopic (exact) mass is 272 g/mol. The van der Waals surface area contributed by atoms with Gasteiger partial charge in [0.1, 0.15) is 0 Å². The van der Waals surface area contributed by atoms with Crippen molar-refractivity contribution in [1.29, 1.82) is 0 Å². The molecule has 6 heteroatoms. The molecule has 0 radical (unpaired) electrons. The van der Waals surface area contributed by atoms with Gasteiger partial charge in [0.15, 0.2) is 0 Å². The summed E-state index contributed by atoms with van der Waals surface area (Å²) in [6.07, 6.45) is 0.688. The van der Waals surface area contributed by atoms with Crippen molar-refractivity contribution in [1.82, 2.24) is 10.2 Å². The van der Waals surface area contributed by atoms with Crippen LogP contribution in [0.25, 0.3) is 0 Å². The molecule has 0 aromatic heterocycles. The Bertz CT molecular complexity index is 281. The van der Waals surface area contributed by atoms with Gasteiger partial charge >= 0.3 is 11.9 Å². The van der Waals surface area contributed by atoms with Crippen LogP contribution in [0.2, 0.25) is 0 Å². The van der Waals surface area contributed by atoms with Crippen molar-refractivity contribution >= 4 is 11.9 Å². The summed E-state index contributed by atoms with van der Waals surface area (Å²) in [6.45, 7) is 5.85. The molecule has 1 N–H and O–H groups in total. The van der Waals surface area contributed by atoms with Crippen LogP contribution in [0.5, 0.6) is 0 Å². The van der Waals surface area contributed by atoms with Gasteiger partial charge in [-0.3, -0.25) is 14.5 Å². The van der Waals surface area contributed by atoms with Crippen molar-refractivity contribution in [3.63, 3.8) is 0 Å². The van der Waals surface area contributed by atoms with Crippen LogP contribution in [-0.2, 0) is 19.1 Å². The van der Waals surface area contributed by atoms with Crippen molar-refractivity contribution in [2.75, 3.05) is 33.4 Å². The number of rotatable bonds is 6. The third-order valence-corrected chi connectivity index (χ3v) is 3.33. The summed E-state index contributed by atoms with van der Waals surface area (Å²) >= 11 is 0. The smallest absolute Gasteiger partial charge is 0.307 e. The van der Waals surface area contributed by atoms with Crippen LogP contribution in [0.1, 0.15) is 26.7 Å². The van der Waals surface area contributed by atoms with E-state index in [1.54, 1.807) is 13.8 Å². The van der Waals surface area contributed by atoms with Gasteiger partial charge < -0.3 is 14.8 Å². The summed E-state index contributed by atoms with van der Waals surface area (Å²) in [5, 5.41) is 3.25. The average Bonchev–Trinajstić information content (AvgIpc) is 2.35. The van der Waals surface area contributed by atoms with Crippen molar-refractivity contribution in [3.05, 3.63) is 0 Å². The normalized spacial score (nSPS) is 23.9. The van der Waals surface area contributed by atoms with Gasteiger partial charge in [0.05, 0.1) is 26.1 Å². The number of hydrogen-bond acceptors (Lipinski definition) is 6. The van der Waals surface area contributed by atoms with E-state index in [1.807, 2.05) is 7.05 Å². The van der Waals surface area contributed by atoms with Crippen LogP contribution >= 0.6 is 0 Å². The number of carbonyl (C=O) groups excluding carboxylic acids is 2. The molecule has 1 heterocycles. The van der Waals surface area contributed by atoms with Crippen LogP contribution in [0.15, 0.2) is 0 Å². The minimum atomic E-state index is -0.196. The Hall–Kier alpha value is -1.14. The number of nitrogens with zero attached hydrogens (tertiary/aromatic N) is 1. The average molecular weight is 272 g/mol. The van der Waals surface area contributed by atoms with E-state index >= 15 is 0 Å². The highest BCUT2D eigenvalue weighted by molar-refractivity contribution is 5.71. The second-order valence-electron chi connectivity index (χ2n) is 4.65. The molecule has 0 aromatic rings. The minimum Gasteiger partial charge on any atom is -0.466 e. The summed E-state index contributed by atoms with van der Waals surface area (Å²) in [6, 6.07) is 0.124. The Kier molecular flexibility index (Phi) is 6.80. The second kappa shape index (κ2) is 8.12. The van der Waals surface area contributed by atoms with Gasteiger partial charge in [-0.15, -0.1) is 0 Å². The lowest BCUT2D eigenvalue weighted by atomic mass is 10.0. The number of likely N-dealkylation sites (N-methyl/N-ethyl adjacent to an activating group) is 1. The van der Waals surface area contributed by atoms with Crippen molar-refractivity contribution in [2.24, 2.45) is 0 Å². The molecule has 0 unspecified atom stereocenters. The summed E-state index contributed by atoms with van der Waals surface area (Å²) in [5.74, 6) is -0.393. The first kappa shape index (κ1) is 15.9. The highest BCUT2D eigenvalue weighted by Crippen LogP contribution is 2.14. The maximum Gasteiger partial charge on any atom is 0.307 e. The van der Waals surface area contributed by atoms with E-state index in [-0.39, 0.29) is 24.0 Å². The molecule has 6 nitrogen and oxygen atoms in total. The maximum absolute atomic E-state index is 11.5. The minimum absolute atomic E-state index is 0.0622. The molecular formula is C13H24N2O4. The molecule has 0 aliphatic carbocycles. The molecule has 1 fully saturated rings. The largest absolute Gasteiger partial charge is 0.466 e. The van der Waals surface area contributed by atoms with E-state index in [9.17, 15) is 9.59 Å². The zero-order valence-corrected chi connectivity index (χ0v) is 12.0. The number of carbonyl (C=O) groups is 2. The van der Waals surface area contributed by atoms with E-state index < -0.39 is 0 Å². The van der Waals surface area contributed by atoms with Gasteiger partial charge in [-0.2, -0.15) is 0 Å². The number of piperazine rings is 1. The number of nitrogens with one attached hydrogen (secondary N) is 1. The maximum atomic E-state index is 11.5. The van der Waals surface area contributed by atoms with Gasteiger partial charge in [0.25, 0.3) is 0 Å². The van der Waals surface area contributed by atoms with Gasteiger partial charge in [-0.05, 0) is 20.9 Å². The second-order valence-corrected chi connectivity index (χ2v) is 4.65. The first-order chi connectivity index (χ1) is 9.08. The first-order valence-corrected chi connectivity index (χ1v) is 6.82. The fraction of sp³-hybridized carbons (Fsp3) is 0.846. The zero-order valence-electron chi connectivity index (χ0n) is 12.0. The van der Waals surface area contributed by atoms with Crippen LogP contribution in [0.3, 0.4) is 0 Å². The van der Waals surface area contributed by atoms with E-state index in [0.717, 1.165) is 13.1 Å². The molecule has 1 aliphatic heterocycles. The Morgan fingerprint density at radius 3 is 1.84 bits per heavy atom. The Morgan fingerprint density at radius 2 is 1.47 bits per heavy atom. The molecule has 1 rings (SSSR count). The quantitative estimate of drug-likeness (QED) is 0.695. The highest BCUT2D eigenvalue weighted by Gasteiger charge is 2.30. The summed E-state index contributed by atoms with van der Waals surface area (Å²) in [7, 11) is 1.94. The van der Waals surface area contributed by atoms with Crippen molar-refractivity contribution in [3.8, 4) is 0 Å². The van der Waals surface area contributed by atoms with Crippen LogP contribution in [0, 0.1) is 0 Å². The lowest BCUT2D eigenvalue weighted by Crippen LogP contribution is -2.56. The summed E-state index contributed by atoms with van der Waals surface area (Å²) in [5.41, 5.74) is 0. The van der Waals surface area contributed by atoms with Crippen LogP contribution in [-0.4, -0.2) is 62.3 Å². The molecule has 0 saturated carbocycles. The molecule has 0 spiro atoms. The van der Waals surface area contributed by atoms with Gasteiger partial charge in [-0.25, -0.2) is 0 Å². The topological polar surface area (TPSA) is 67.9 Å². The summed E-state index contributed by atoms with van der Waals surface area (Å²) in [4.78, 5) is 25.1. The fourth-order valence-corrected chi connectivity index (χ4v) is 2.26. The van der Waals surface area contributed by atoms with Crippen LogP contribution < -0.4 is 5.32 Å². The third kappa shape index (κ3) is 5.16. The van der Waals surface area contributed by atoms with E-state index in [1.165, 1.54) is 0 Å². The van der Waals surface area contributed by atoms with Crippen molar-refractivity contribution < 1.29 is 19.1 Å². The zero-order chi connectivity index (χ0) is 14.3. The lowest BCUT2D eigenvalue weighted by molar-refractivity contribution is -0.145. The lowest BCUT2D eigenvalue weighted by Gasteiger charge is -2.39. The predicted molar refractivity (Wildman–Crippen MR) is 70.7 cm³/mol. The third-order valence-electron chi connectivity index (χ3n) is 3.33. The number of esters is 2. The Balaban J connectivity index is 2.48. The fourth-order valence-electron chi connectivity index (χ4n) is 2.26. The molecule has 1 aliphatic rings. The Morgan fingerprint density at radius 1 is 1.05 bits per heavy atom. The Labute approximate surface area is 114 Å². The van der Waals surface area contributed by atoms with Crippen LogP contribution in [0.4, 0.5) is 0 Å². The standard InChI is InChI=1S/C13H24N2O4/c1-4-18-12(16)6-10-8-14-9-11(15(10)3)7-13(17)19-5-2/h10-11,14H,4-9H2,1-3H3/t10-,11-/m0/s1. The molecule has 0 aromatic carbocycles. The SMILES string of the molecule is CCOC(=O)C[C@H]1CNC[C@H](CC(=O)OCC)N1C. The number of ether oxygens (including phenoxy) is 2. The molecule has 0 amide bonds. The van der Waals surface area contributed by atoms with E-state index in [0.29, 0.717) is 26.1 Å². The van der Waals surface area contributed by atoms with E-state index in [4.69, 9.17) is 9.47 Å². The number of hydrogen-bond donors (Lipinski definition) is 1. The molecule has 1 saturated heterocycles. The first-order valence-electron chi connectivity index (χ1n) is 6.82. The highest BCUT2D eigenvalue weighted by atomic mass is 16.5. The van der Waals surface area contributed by atoms with Gasteiger partial charge in [-0.1, -0.05) is 0 Å². The molecule has 19 heavy (non-hydrogen) atoms.